The number of hydrogen-bond acceptors (Lipinski definition) is 3. The van der Waals surface area contributed by atoms with Crippen molar-refractivity contribution in [2.24, 2.45) is 11.8 Å². The molecule has 5 nitrogen and oxygen atoms in total. The zero-order valence-corrected chi connectivity index (χ0v) is 17.4. The van der Waals surface area contributed by atoms with Crippen LogP contribution in [0.4, 0.5) is 0 Å². The zero-order chi connectivity index (χ0) is 20.3. The van der Waals surface area contributed by atoms with Crippen LogP contribution in [0.3, 0.4) is 0 Å². The van der Waals surface area contributed by atoms with Crippen molar-refractivity contribution in [2.75, 3.05) is 6.54 Å². The Kier molecular flexibility index (Phi) is 6.76. The number of nitrogens with one attached hydrogen (secondary N) is 1. The number of hydrogen-bond donors (Lipinski definition) is 2. The van der Waals surface area contributed by atoms with Crippen molar-refractivity contribution in [1.82, 2.24) is 10.2 Å². The van der Waals surface area contributed by atoms with Crippen LogP contribution in [0.25, 0.3) is 0 Å². The van der Waals surface area contributed by atoms with Gasteiger partial charge in [0.2, 0.25) is 5.91 Å². The molecule has 1 saturated heterocycles. The lowest BCUT2D eigenvalue weighted by Gasteiger charge is -2.32. The van der Waals surface area contributed by atoms with Crippen molar-refractivity contribution in [3.05, 3.63) is 35.4 Å². The van der Waals surface area contributed by atoms with Crippen LogP contribution in [0.15, 0.2) is 24.3 Å². The molecule has 2 fully saturated rings. The highest BCUT2D eigenvalue weighted by Gasteiger charge is 2.45. The Morgan fingerprint density at radius 2 is 1.82 bits per heavy atom. The number of carboxylic acids is 1. The summed E-state index contributed by atoms with van der Waals surface area (Å²) in [4.78, 5) is 26.4. The Morgan fingerprint density at radius 1 is 1.14 bits per heavy atom. The lowest BCUT2D eigenvalue weighted by Crippen LogP contribution is -2.47. The SMILES string of the molecule is CC(C)Cc1ccc(C(C)NC(=O)CN2C(C(=O)O)CC3CCCCC32)cc1. The number of rotatable bonds is 7. The summed E-state index contributed by atoms with van der Waals surface area (Å²) in [6, 6.07) is 8.05. The maximum atomic E-state index is 12.7. The second kappa shape index (κ2) is 9.08. The molecule has 3 rings (SSSR count). The fraction of sp³-hybridized carbons (Fsp3) is 0.652. The van der Waals surface area contributed by atoms with Gasteiger partial charge in [-0.1, -0.05) is 51.0 Å². The van der Waals surface area contributed by atoms with Crippen molar-refractivity contribution >= 4 is 11.9 Å². The summed E-state index contributed by atoms with van der Waals surface area (Å²) in [6.07, 6.45) is 6.14. The minimum atomic E-state index is -0.795. The van der Waals surface area contributed by atoms with Crippen LogP contribution in [0.2, 0.25) is 0 Å². The Balaban J connectivity index is 1.59. The molecule has 1 aromatic carbocycles. The maximum Gasteiger partial charge on any atom is 0.320 e. The summed E-state index contributed by atoms with van der Waals surface area (Å²) in [6.45, 7) is 6.57. The predicted octanol–water partition coefficient (Wildman–Crippen LogP) is 3.78. The second-order valence-electron chi connectivity index (χ2n) is 9.00. The Morgan fingerprint density at radius 3 is 2.46 bits per heavy atom. The van der Waals surface area contributed by atoms with E-state index in [1.165, 1.54) is 12.0 Å². The molecule has 1 aromatic rings. The van der Waals surface area contributed by atoms with Gasteiger partial charge in [0.15, 0.2) is 0 Å². The average Bonchev–Trinajstić information content (AvgIpc) is 3.00. The first-order valence-electron chi connectivity index (χ1n) is 10.7. The molecule has 1 heterocycles. The van der Waals surface area contributed by atoms with Gasteiger partial charge in [-0.15, -0.1) is 0 Å². The molecule has 154 valence electrons. The van der Waals surface area contributed by atoms with Crippen molar-refractivity contribution in [2.45, 2.75) is 77.4 Å². The number of fused-ring (bicyclic) bond motifs is 1. The molecule has 1 saturated carbocycles. The molecule has 0 bridgehead atoms. The van der Waals surface area contributed by atoms with Crippen LogP contribution in [0.5, 0.6) is 0 Å². The number of benzene rings is 1. The lowest BCUT2D eigenvalue weighted by atomic mass is 9.85. The monoisotopic (exact) mass is 386 g/mol. The van der Waals surface area contributed by atoms with Crippen LogP contribution in [-0.2, 0) is 16.0 Å². The molecule has 1 aliphatic heterocycles. The minimum absolute atomic E-state index is 0.0868. The number of nitrogens with zero attached hydrogens (tertiary/aromatic N) is 1. The van der Waals surface area contributed by atoms with E-state index in [9.17, 15) is 14.7 Å². The lowest BCUT2D eigenvalue weighted by molar-refractivity contribution is -0.143. The topological polar surface area (TPSA) is 69.6 Å². The van der Waals surface area contributed by atoms with Crippen LogP contribution in [-0.4, -0.2) is 40.5 Å². The molecular weight excluding hydrogens is 352 g/mol. The van der Waals surface area contributed by atoms with E-state index in [0.29, 0.717) is 18.3 Å². The van der Waals surface area contributed by atoms with Gasteiger partial charge in [-0.05, 0) is 55.6 Å². The number of likely N-dealkylation sites (tertiary alicyclic amines) is 1. The molecule has 28 heavy (non-hydrogen) atoms. The van der Waals surface area contributed by atoms with Gasteiger partial charge in [-0.2, -0.15) is 0 Å². The van der Waals surface area contributed by atoms with E-state index < -0.39 is 12.0 Å². The second-order valence-corrected chi connectivity index (χ2v) is 9.00. The van der Waals surface area contributed by atoms with Gasteiger partial charge in [0, 0.05) is 6.04 Å². The molecule has 2 N–H and O–H groups in total. The number of carboxylic acid groups (broad SMARTS) is 1. The molecule has 0 radical (unpaired) electrons. The van der Waals surface area contributed by atoms with Crippen molar-refractivity contribution in [3.63, 3.8) is 0 Å². The molecule has 5 heteroatoms. The van der Waals surface area contributed by atoms with Gasteiger partial charge in [-0.3, -0.25) is 14.5 Å². The number of amides is 1. The van der Waals surface area contributed by atoms with E-state index in [1.807, 2.05) is 11.8 Å². The molecule has 1 aliphatic carbocycles. The van der Waals surface area contributed by atoms with Crippen molar-refractivity contribution in [3.8, 4) is 0 Å². The third kappa shape index (κ3) is 4.93. The Hall–Kier alpha value is -1.88. The summed E-state index contributed by atoms with van der Waals surface area (Å²) < 4.78 is 0. The van der Waals surface area contributed by atoms with Crippen LogP contribution >= 0.6 is 0 Å². The molecular formula is C23H34N2O3. The third-order valence-corrected chi connectivity index (χ3v) is 6.33. The molecule has 4 atom stereocenters. The normalized spacial score (nSPS) is 26.1. The molecule has 0 aromatic heterocycles. The quantitative estimate of drug-likeness (QED) is 0.748. The van der Waals surface area contributed by atoms with Gasteiger partial charge in [0.1, 0.15) is 6.04 Å². The summed E-state index contributed by atoms with van der Waals surface area (Å²) in [7, 11) is 0. The van der Waals surface area contributed by atoms with Gasteiger partial charge < -0.3 is 10.4 Å². The highest BCUT2D eigenvalue weighted by atomic mass is 16.4. The Labute approximate surface area is 168 Å². The zero-order valence-electron chi connectivity index (χ0n) is 17.4. The molecule has 4 unspecified atom stereocenters. The van der Waals surface area contributed by atoms with Gasteiger partial charge >= 0.3 is 5.97 Å². The molecule has 1 amide bonds. The largest absolute Gasteiger partial charge is 0.480 e. The number of carbonyl (C=O) groups is 2. The fourth-order valence-corrected chi connectivity index (χ4v) is 4.97. The van der Waals surface area contributed by atoms with E-state index in [2.05, 4.69) is 43.4 Å². The first-order chi connectivity index (χ1) is 13.3. The van der Waals surface area contributed by atoms with Crippen LogP contribution in [0, 0.1) is 11.8 Å². The average molecular weight is 387 g/mol. The van der Waals surface area contributed by atoms with Crippen molar-refractivity contribution < 1.29 is 14.7 Å². The highest BCUT2D eigenvalue weighted by Crippen LogP contribution is 2.39. The Bertz CT molecular complexity index is 686. The predicted molar refractivity (Wildman–Crippen MR) is 110 cm³/mol. The van der Waals surface area contributed by atoms with E-state index in [-0.39, 0.29) is 24.5 Å². The maximum absolute atomic E-state index is 12.7. The van der Waals surface area contributed by atoms with Crippen LogP contribution in [0.1, 0.15) is 70.0 Å². The summed E-state index contributed by atoms with van der Waals surface area (Å²) in [5, 5.41) is 12.7. The first kappa shape index (κ1) is 20.8. The third-order valence-electron chi connectivity index (χ3n) is 6.33. The van der Waals surface area contributed by atoms with Gasteiger partial charge in [0.05, 0.1) is 12.6 Å². The van der Waals surface area contributed by atoms with E-state index >= 15 is 0 Å². The molecule has 2 aliphatic rings. The first-order valence-corrected chi connectivity index (χ1v) is 10.7. The smallest absolute Gasteiger partial charge is 0.320 e. The number of aliphatic carboxylic acids is 1. The van der Waals surface area contributed by atoms with Gasteiger partial charge in [-0.25, -0.2) is 0 Å². The van der Waals surface area contributed by atoms with Crippen molar-refractivity contribution in [1.29, 1.82) is 0 Å². The summed E-state index contributed by atoms with van der Waals surface area (Å²) in [5.74, 6) is 0.162. The van der Waals surface area contributed by atoms with E-state index in [1.54, 1.807) is 0 Å². The summed E-state index contributed by atoms with van der Waals surface area (Å²) in [5.41, 5.74) is 2.38. The van der Waals surface area contributed by atoms with Crippen LogP contribution < -0.4 is 5.32 Å². The summed E-state index contributed by atoms with van der Waals surface area (Å²) >= 11 is 0. The highest BCUT2D eigenvalue weighted by molar-refractivity contribution is 5.80. The number of carbonyl (C=O) groups excluding carboxylic acids is 1. The fourth-order valence-electron chi connectivity index (χ4n) is 4.97. The van der Waals surface area contributed by atoms with E-state index in [4.69, 9.17) is 0 Å². The molecule has 0 spiro atoms. The standard InChI is InChI=1S/C23H34N2O3/c1-15(2)12-17-8-10-18(11-9-17)16(3)24-22(26)14-25-20-7-5-4-6-19(20)13-21(25)23(27)28/h8-11,15-16,19-21H,4-7,12-14H2,1-3H3,(H,24,26)(H,27,28). The van der Waals surface area contributed by atoms with E-state index in [0.717, 1.165) is 31.2 Å². The van der Waals surface area contributed by atoms with Gasteiger partial charge in [0.25, 0.3) is 0 Å². The minimum Gasteiger partial charge on any atom is -0.480 e.